The van der Waals surface area contributed by atoms with Gasteiger partial charge >= 0.3 is 0 Å². The quantitative estimate of drug-likeness (QED) is 0.391. The van der Waals surface area contributed by atoms with Crippen molar-refractivity contribution < 1.29 is 4.74 Å². The average molecular weight is 132 g/mol. The standard InChI is InChI=1S/C4H8N2O3/c7-5-1-3-9-4-2-6-8/h1-4H2. The molecule has 0 aromatic carbocycles. The maximum atomic E-state index is 9.42. The zero-order valence-electron chi connectivity index (χ0n) is 4.95. The van der Waals surface area contributed by atoms with Gasteiger partial charge in [0.25, 0.3) is 0 Å². The van der Waals surface area contributed by atoms with Crippen molar-refractivity contribution in [2.24, 2.45) is 10.4 Å². The van der Waals surface area contributed by atoms with Crippen LogP contribution in [-0.2, 0) is 4.74 Å². The molecule has 52 valence electrons. The van der Waals surface area contributed by atoms with Gasteiger partial charge in [-0.15, -0.1) is 0 Å². The number of ether oxygens (including phenoxy) is 1. The minimum absolute atomic E-state index is 0.138. The lowest BCUT2D eigenvalue weighted by Crippen LogP contribution is -2.01. The van der Waals surface area contributed by atoms with E-state index in [1.807, 2.05) is 0 Å². The summed E-state index contributed by atoms with van der Waals surface area (Å²) >= 11 is 0. The highest BCUT2D eigenvalue weighted by Gasteiger charge is 1.85. The summed E-state index contributed by atoms with van der Waals surface area (Å²) in [7, 11) is 0. The van der Waals surface area contributed by atoms with Crippen LogP contribution < -0.4 is 0 Å². The monoisotopic (exact) mass is 132 g/mol. The molecule has 0 unspecified atom stereocenters. The van der Waals surface area contributed by atoms with E-state index in [2.05, 4.69) is 10.4 Å². The first-order valence-electron chi connectivity index (χ1n) is 2.57. The van der Waals surface area contributed by atoms with E-state index in [1.54, 1.807) is 0 Å². The Bertz CT molecular complexity index is 75.9. The predicted octanol–water partition coefficient (Wildman–Crippen LogP) is 0.536. The Labute approximate surface area is 52.3 Å². The van der Waals surface area contributed by atoms with Gasteiger partial charge < -0.3 is 4.74 Å². The van der Waals surface area contributed by atoms with Crippen LogP contribution in [0.1, 0.15) is 0 Å². The molecule has 0 bridgehead atoms. The van der Waals surface area contributed by atoms with Crippen LogP contribution in [0, 0.1) is 9.81 Å². The zero-order chi connectivity index (χ0) is 6.95. The third-order valence-corrected chi connectivity index (χ3v) is 0.654. The van der Waals surface area contributed by atoms with Crippen molar-refractivity contribution in [2.45, 2.75) is 0 Å². The Morgan fingerprint density at radius 3 is 1.78 bits per heavy atom. The minimum atomic E-state index is 0.138. The highest BCUT2D eigenvalue weighted by Crippen LogP contribution is 1.76. The van der Waals surface area contributed by atoms with E-state index < -0.39 is 0 Å². The molecular formula is C4H8N2O3. The summed E-state index contributed by atoms with van der Waals surface area (Å²) in [5, 5.41) is 5.10. The zero-order valence-corrected chi connectivity index (χ0v) is 4.95. The molecule has 0 aromatic rings. The Morgan fingerprint density at radius 1 is 1.00 bits per heavy atom. The molecule has 0 aliphatic carbocycles. The summed E-state index contributed by atoms with van der Waals surface area (Å²) in [4.78, 5) is 18.8. The van der Waals surface area contributed by atoms with E-state index in [0.29, 0.717) is 0 Å². The molecule has 0 heterocycles. The summed E-state index contributed by atoms with van der Waals surface area (Å²) in [6.07, 6.45) is 0. The first-order chi connectivity index (χ1) is 4.41. The maximum absolute atomic E-state index is 9.42. The number of rotatable bonds is 6. The lowest BCUT2D eigenvalue weighted by atomic mass is 10.7. The smallest absolute Gasteiger partial charge is 0.104 e. The summed E-state index contributed by atoms with van der Waals surface area (Å²) in [6, 6.07) is 0. The lowest BCUT2D eigenvalue weighted by molar-refractivity contribution is 0.149. The maximum Gasteiger partial charge on any atom is 0.104 e. The topological polar surface area (TPSA) is 68.1 Å². The van der Waals surface area contributed by atoms with Gasteiger partial charge in [0.1, 0.15) is 13.1 Å². The van der Waals surface area contributed by atoms with Crippen molar-refractivity contribution in [3.63, 3.8) is 0 Å². The normalized spacial score (nSPS) is 8.89. The second-order valence-electron chi connectivity index (χ2n) is 1.32. The highest BCUT2D eigenvalue weighted by atomic mass is 16.5. The first-order valence-corrected chi connectivity index (χ1v) is 2.57. The second-order valence-corrected chi connectivity index (χ2v) is 1.32. The third-order valence-electron chi connectivity index (χ3n) is 0.654. The second kappa shape index (κ2) is 7.16. The van der Waals surface area contributed by atoms with Gasteiger partial charge in [-0.1, -0.05) is 10.4 Å². The van der Waals surface area contributed by atoms with E-state index in [4.69, 9.17) is 4.74 Å². The molecule has 5 heteroatoms. The number of nitroso groups, excluding NO2 is 2. The van der Waals surface area contributed by atoms with E-state index in [1.165, 1.54) is 0 Å². The van der Waals surface area contributed by atoms with Crippen molar-refractivity contribution in [2.75, 3.05) is 26.3 Å². The van der Waals surface area contributed by atoms with Gasteiger partial charge in [-0.3, -0.25) is 0 Å². The van der Waals surface area contributed by atoms with Crippen LogP contribution in [-0.4, -0.2) is 26.3 Å². The van der Waals surface area contributed by atoms with Crippen molar-refractivity contribution in [3.8, 4) is 0 Å². The van der Waals surface area contributed by atoms with Gasteiger partial charge in [0.2, 0.25) is 0 Å². The Kier molecular flexibility index (Phi) is 6.49. The van der Waals surface area contributed by atoms with Gasteiger partial charge in [-0.2, -0.15) is 9.81 Å². The van der Waals surface area contributed by atoms with Gasteiger partial charge in [0.15, 0.2) is 0 Å². The van der Waals surface area contributed by atoms with Crippen LogP contribution in [0.4, 0.5) is 0 Å². The molecule has 0 saturated carbocycles. The summed E-state index contributed by atoms with van der Waals surface area (Å²) in [5.41, 5.74) is 0. The van der Waals surface area contributed by atoms with E-state index in [0.717, 1.165) is 0 Å². The van der Waals surface area contributed by atoms with E-state index >= 15 is 0 Å². The number of hydrogen-bond acceptors (Lipinski definition) is 5. The number of hydrogen-bond donors (Lipinski definition) is 0. The van der Waals surface area contributed by atoms with Crippen molar-refractivity contribution in [3.05, 3.63) is 9.81 Å². The molecule has 0 atom stereocenters. The molecule has 0 aliphatic rings. The van der Waals surface area contributed by atoms with Crippen LogP contribution in [0.5, 0.6) is 0 Å². The average Bonchev–Trinajstić information content (AvgIpc) is 1.89. The molecule has 0 radical (unpaired) electrons. The van der Waals surface area contributed by atoms with Gasteiger partial charge in [0, 0.05) is 0 Å². The largest absolute Gasteiger partial charge is 0.377 e. The lowest BCUT2D eigenvalue weighted by Gasteiger charge is -1.93. The van der Waals surface area contributed by atoms with Gasteiger partial charge in [-0.05, 0) is 0 Å². The van der Waals surface area contributed by atoms with Gasteiger partial charge in [0.05, 0.1) is 13.2 Å². The highest BCUT2D eigenvalue weighted by molar-refractivity contribution is 4.40. The fourth-order valence-corrected chi connectivity index (χ4v) is 0.306. The molecular weight excluding hydrogens is 124 g/mol. The fraction of sp³-hybridized carbons (Fsp3) is 1.00. The first kappa shape index (κ1) is 8.16. The molecule has 0 fully saturated rings. The van der Waals surface area contributed by atoms with Gasteiger partial charge in [-0.25, -0.2) is 0 Å². The molecule has 9 heavy (non-hydrogen) atoms. The van der Waals surface area contributed by atoms with Crippen LogP contribution in [0.3, 0.4) is 0 Å². The summed E-state index contributed by atoms with van der Waals surface area (Å²) < 4.78 is 4.73. The molecule has 0 spiro atoms. The van der Waals surface area contributed by atoms with Crippen LogP contribution in [0.15, 0.2) is 10.4 Å². The Morgan fingerprint density at radius 2 is 1.44 bits per heavy atom. The fourth-order valence-electron chi connectivity index (χ4n) is 0.306. The van der Waals surface area contributed by atoms with E-state index in [-0.39, 0.29) is 26.3 Å². The molecule has 0 aromatic heterocycles. The predicted molar refractivity (Wildman–Crippen MR) is 32.1 cm³/mol. The molecule has 0 rings (SSSR count). The third kappa shape index (κ3) is 7.16. The summed E-state index contributed by atoms with van der Waals surface area (Å²) in [5.74, 6) is 0. The summed E-state index contributed by atoms with van der Waals surface area (Å²) in [6.45, 7) is 0.829. The SMILES string of the molecule is O=NCCOCCN=O. The van der Waals surface area contributed by atoms with Crippen molar-refractivity contribution in [1.82, 2.24) is 0 Å². The molecule has 0 aliphatic heterocycles. The van der Waals surface area contributed by atoms with Crippen LogP contribution in [0.25, 0.3) is 0 Å². The van der Waals surface area contributed by atoms with Crippen molar-refractivity contribution >= 4 is 0 Å². The van der Waals surface area contributed by atoms with Crippen LogP contribution >= 0.6 is 0 Å². The molecule has 0 N–H and O–H groups in total. The number of nitrogens with zero attached hydrogens (tertiary/aromatic N) is 2. The Balaban J connectivity index is 2.74. The molecule has 0 amide bonds. The Hall–Kier alpha value is -0.840. The minimum Gasteiger partial charge on any atom is -0.377 e. The van der Waals surface area contributed by atoms with E-state index in [9.17, 15) is 9.81 Å². The molecule has 5 nitrogen and oxygen atoms in total. The van der Waals surface area contributed by atoms with Crippen molar-refractivity contribution in [1.29, 1.82) is 0 Å². The van der Waals surface area contributed by atoms with Crippen LogP contribution in [0.2, 0.25) is 0 Å². The molecule has 0 saturated heterocycles.